The lowest BCUT2D eigenvalue weighted by atomic mass is 10.0. The van der Waals surface area contributed by atoms with Crippen molar-refractivity contribution >= 4 is 17.9 Å². The van der Waals surface area contributed by atoms with Gasteiger partial charge in [-0.25, -0.2) is 9.59 Å². The first-order valence-electron chi connectivity index (χ1n) is 9.58. The molecule has 180 valence electrons. The molecule has 3 rings (SSSR count). The van der Waals surface area contributed by atoms with Gasteiger partial charge in [-0.3, -0.25) is 4.79 Å². The van der Waals surface area contributed by atoms with E-state index in [2.05, 4.69) is 14.8 Å². The Labute approximate surface area is 180 Å². The number of ether oxygens (including phenoxy) is 3. The number of esters is 3. The van der Waals surface area contributed by atoms with Crippen LogP contribution in [0.5, 0.6) is 0 Å². The first kappa shape index (κ1) is 25.2. The summed E-state index contributed by atoms with van der Waals surface area (Å²) in [7, 11) is 0. The Bertz CT molecular complexity index is 786. The van der Waals surface area contributed by atoms with E-state index in [1.54, 1.807) is 0 Å². The van der Waals surface area contributed by atoms with Crippen molar-refractivity contribution in [2.75, 3.05) is 26.3 Å². The minimum atomic E-state index is -1.43. The summed E-state index contributed by atoms with van der Waals surface area (Å²) < 4.78 is 13.8. The Morgan fingerprint density at radius 3 is 2.31 bits per heavy atom. The fourth-order valence-electron chi connectivity index (χ4n) is 2.98. The van der Waals surface area contributed by atoms with Gasteiger partial charge in [-0.2, -0.15) is 0 Å². The molecule has 0 aromatic heterocycles. The van der Waals surface area contributed by atoms with Gasteiger partial charge in [0.15, 0.2) is 23.7 Å². The third kappa shape index (κ3) is 5.79. The molecule has 0 bridgehead atoms. The molecule has 14 heteroatoms. The van der Waals surface area contributed by atoms with Gasteiger partial charge in [0.2, 0.25) is 11.5 Å². The zero-order valence-corrected chi connectivity index (χ0v) is 16.7. The zero-order chi connectivity index (χ0) is 24.0. The van der Waals surface area contributed by atoms with Crippen LogP contribution in [0.2, 0.25) is 0 Å². The average Bonchev–Trinajstić information content (AvgIpc) is 3.21. The van der Waals surface area contributed by atoms with Crippen LogP contribution in [0, 0.1) is 5.92 Å². The van der Waals surface area contributed by atoms with Crippen LogP contribution in [0.4, 0.5) is 0 Å². The van der Waals surface area contributed by atoms with Gasteiger partial charge in [-0.15, -0.1) is 0 Å². The van der Waals surface area contributed by atoms with Gasteiger partial charge in [-0.1, -0.05) is 0 Å². The van der Waals surface area contributed by atoms with Gasteiger partial charge < -0.3 is 55.3 Å². The lowest BCUT2D eigenvalue weighted by molar-refractivity contribution is -0.158. The minimum absolute atomic E-state index is 0.264. The first-order valence-corrected chi connectivity index (χ1v) is 9.58. The molecule has 3 heterocycles. The molecule has 1 unspecified atom stereocenters. The van der Waals surface area contributed by atoms with Crippen molar-refractivity contribution in [3.8, 4) is 0 Å². The highest BCUT2D eigenvalue weighted by Gasteiger charge is 2.40. The Morgan fingerprint density at radius 1 is 1.16 bits per heavy atom. The molecule has 0 aromatic rings. The van der Waals surface area contributed by atoms with Crippen LogP contribution < -0.4 is 5.32 Å². The van der Waals surface area contributed by atoms with Gasteiger partial charge in [0.05, 0.1) is 12.5 Å². The molecule has 8 N–H and O–H groups in total. The maximum absolute atomic E-state index is 11.7. The standard InChI is InChI=1S/C12H17NO7.C6H8O6/c14-7(10-8(15)9(16)12(18)20-10)5-19-11(17)6-2-1-3-13-4-6;7-1-2(8)5-3(9)4(10)6(11)12-5/h6-7,10,13-16H,1-5H2;2,5,7-10H,1H2/t6?,7-,10+;2-,5+/m00/s1/i;6+2. The van der Waals surface area contributed by atoms with Crippen molar-refractivity contribution in [3.63, 3.8) is 0 Å². The normalized spacial score (nSPS) is 27.3. The number of aliphatic hydroxyl groups is 7. The van der Waals surface area contributed by atoms with E-state index in [0.717, 1.165) is 13.0 Å². The van der Waals surface area contributed by atoms with Crippen molar-refractivity contribution in [2.45, 2.75) is 37.3 Å². The van der Waals surface area contributed by atoms with Crippen molar-refractivity contribution in [1.29, 1.82) is 0 Å². The number of aliphatic hydroxyl groups excluding tert-OH is 7. The van der Waals surface area contributed by atoms with Gasteiger partial charge >= 0.3 is 17.9 Å². The Balaban J connectivity index is 0.000000258. The molecule has 3 aliphatic heterocycles. The van der Waals surface area contributed by atoms with Gasteiger partial charge in [0.25, 0.3) is 0 Å². The summed E-state index contributed by atoms with van der Waals surface area (Å²) in [6, 6.07) is 0. The summed E-state index contributed by atoms with van der Waals surface area (Å²) >= 11 is 0. The summed E-state index contributed by atoms with van der Waals surface area (Å²) in [5.41, 5.74) is 0. The number of cyclic esters (lactones) is 2. The number of rotatable bonds is 6. The van der Waals surface area contributed by atoms with E-state index in [1.165, 1.54) is 0 Å². The predicted octanol–water partition coefficient (Wildman–Crippen LogP) is -2.26. The van der Waals surface area contributed by atoms with E-state index in [9.17, 15) is 24.6 Å². The fourth-order valence-corrected chi connectivity index (χ4v) is 2.98. The molecule has 1 saturated heterocycles. The van der Waals surface area contributed by atoms with Gasteiger partial charge in [0, 0.05) is 6.54 Å². The lowest BCUT2D eigenvalue weighted by Crippen LogP contribution is -2.38. The summed E-state index contributed by atoms with van der Waals surface area (Å²) in [6.07, 6.45) is -4.02. The highest BCUT2D eigenvalue weighted by atomic mass is 16.8. The highest BCUT2D eigenvalue weighted by Crippen LogP contribution is 2.22. The van der Waals surface area contributed by atoms with Crippen LogP contribution in [0.15, 0.2) is 23.0 Å². The second-order valence-corrected chi connectivity index (χ2v) is 7.11. The monoisotopic (exact) mass is 465 g/mol. The van der Waals surface area contributed by atoms with Crippen molar-refractivity contribution in [3.05, 3.63) is 23.0 Å². The van der Waals surface area contributed by atoms with E-state index >= 15 is 0 Å². The van der Waals surface area contributed by atoms with E-state index in [4.69, 9.17) is 30.3 Å². The van der Waals surface area contributed by atoms with Crippen LogP contribution in [-0.4, -0.2) is 104 Å². The first-order chi connectivity index (χ1) is 15.1. The zero-order valence-electron chi connectivity index (χ0n) is 16.7. The molecule has 14 nitrogen and oxygen atoms in total. The third-order valence-electron chi connectivity index (χ3n) is 4.79. The van der Waals surface area contributed by atoms with Crippen molar-refractivity contribution in [2.24, 2.45) is 5.92 Å². The SMILES string of the molecule is O=C1O[C@H]([C@@H](O)COC(=O)C2CCCNC2)C(O)=C1O.O=[14C]1O[C@H]([C@@H](O)CO)C(O)=C1O. The largest absolute Gasteiger partial charge is 0.505 e. The van der Waals surface area contributed by atoms with Crippen LogP contribution in [-0.2, 0) is 28.6 Å². The summed E-state index contributed by atoms with van der Waals surface area (Å²) in [6.45, 7) is 0.293. The number of carbonyl (C=O) groups is 3. The molecular weight excluding hydrogens is 440 g/mol. The van der Waals surface area contributed by atoms with E-state index in [0.29, 0.717) is 13.0 Å². The summed E-state index contributed by atoms with van der Waals surface area (Å²) in [4.78, 5) is 33.2. The smallest absolute Gasteiger partial charge is 0.377 e. The van der Waals surface area contributed by atoms with Crippen LogP contribution >= 0.6 is 0 Å². The number of piperidine rings is 1. The second-order valence-electron chi connectivity index (χ2n) is 7.11. The lowest BCUT2D eigenvalue weighted by Gasteiger charge is -2.22. The summed E-state index contributed by atoms with van der Waals surface area (Å²) in [5.74, 6) is -6.30. The topological polar surface area (TPSA) is 233 Å². The van der Waals surface area contributed by atoms with E-state index in [-0.39, 0.29) is 5.92 Å². The van der Waals surface area contributed by atoms with E-state index in [1.807, 2.05) is 0 Å². The van der Waals surface area contributed by atoms with Crippen molar-refractivity contribution in [1.82, 2.24) is 5.32 Å². The van der Waals surface area contributed by atoms with Crippen molar-refractivity contribution < 1.29 is 64.3 Å². The number of nitrogens with one attached hydrogen (secondary N) is 1. The fraction of sp³-hybridized carbons (Fsp3) is 0.611. The third-order valence-corrected chi connectivity index (χ3v) is 4.79. The molecule has 0 spiro atoms. The molecule has 0 saturated carbocycles. The molecule has 1 fully saturated rings. The summed E-state index contributed by atoms with van der Waals surface area (Å²) in [5, 5.41) is 66.3. The molecule has 5 atom stereocenters. The Morgan fingerprint density at radius 2 is 1.84 bits per heavy atom. The van der Waals surface area contributed by atoms with Gasteiger partial charge in [0.1, 0.15) is 18.8 Å². The number of hydrogen-bond acceptors (Lipinski definition) is 14. The Kier molecular flexibility index (Phi) is 8.65. The molecule has 0 radical (unpaired) electrons. The van der Waals surface area contributed by atoms with Crippen LogP contribution in [0.3, 0.4) is 0 Å². The van der Waals surface area contributed by atoms with Gasteiger partial charge in [-0.05, 0) is 19.4 Å². The minimum Gasteiger partial charge on any atom is -0.505 e. The predicted molar refractivity (Wildman–Crippen MR) is 100.0 cm³/mol. The maximum Gasteiger partial charge on any atom is 0.377 e. The maximum atomic E-state index is 11.7. The average molecular weight is 465 g/mol. The molecule has 0 aromatic carbocycles. The highest BCUT2D eigenvalue weighted by molar-refractivity contribution is 5.89. The number of hydrogen-bond donors (Lipinski definition) is 8. The number of carbonyl (C=O) groups excluding carboxylic acids is 3. The molecule has 0 aliphatic carbocycles. The molecule has 3 aliphatic rings. The molecule has 32 heavy (non-hydrogen) atoms. The second kappa shape index (κ2) is 11.0. The van der Waals surface area contributed by atoms with Crippen LogP contribution in [0.25, 0.3) is 0 Å². The molecular formula is C18H25NO13. The Hall–Kier alpha value is -3.07. The quantitative estimate of drug-likeness (QED) is 0.153. The molecule has 0 amide bonds. The van der Waals surface area contributed by atoms with E-state index < -0.39 is 78.6 Å². The van der Waals surface area contributed by atoms with Crippen LogP contribution in [0.1, 0.15) is 12.8 Å².